The Morgan fingerprint density at radius 3 is 2.83 bits per heavy atom. The van der Waals surface area contributed by atoms with E-state index >= 15 is 0 Å². The number of amides is 1. The molecule has 0 fully saturated rings. The van der Waals surface area contributed by atoms with Gasteiger partial charge in [-0.2, -0.15) is 0 Å². The number of carbonyl (C=O) groups excluding carboxylic acids is 1. The molecule has 0 radical (unpaired) electrons. The number of nitrogens with one attached hydrogen (secondary N) is 2. The molecule has 2 N–H and O–H groups in total. The van der Waals surface area contributed by atoms with Crippen molar-refractivity contribution in [1.82, 2.24) is 10.3 Å². The van der Waals surface area contributed by atoms with Gasteiger partial charge in [0.25, 0.3) is 0 Å². The van der Waals surface area contributed by atoms with E-state index in [1.165, 1.54) is 0 Å². The first-order valence-corrected chi connectivity index (χ1v) is 7.80. The molecule has 0 spiro atoms. The number of hydrogen-bond acceptors (Lipinski definition) is 2. The molecule has 0 saturated heterocycles. The van der Waals surface area contributed by atoms with Gasteiger partial charge in [-0.3, -0.25) is 0 Å². The first-order chi connectivity index (χ1) is 11.2. The third kappa shape index (κ3) is 4.05. The van der Waals surface area contributed by atoms with E-state index in [1.54, 1.807) is 0 Å². The van der Waals surface area contributed by atoms with Crippen LogP contribution in [-0.2, 0) is 17.8 Å². The van der Waals surface area contributed by atoms with Crippen LogP contribution in [0.15, 0.2) is 54.7 Å². The van der Waals surface area contributed by atoms with Crippen LogP contribution in [0.2, 0.25) is 5.02 Å². The van der Waals surface area contributed by atoms with Crippen molar-refractivity contribution in [2.45, 2.75) is 13.0 Å². The monoisotopic (exact) mass is 328 g/mol. The zero-order chi connectivity index (χ0) is 16.1. The SMILES string of the molecule is O=C(NCCc1c[nH]c2ccc(Cl)cc12)OCc1ccccc1. The summed E-state index contributed by atoms with van der Waals surface area (Å²) < 4.78 is 5.18. The molecule has 0 unspecified atom stereocenters. The van der Waals surface area contributed by atoms with Gasteiger partial charge in [-0.25, -0.2) is 4.79 Å². The van der Waals surface area contributed by atoms with Gasteiger partial charge in [-0.1, -0.05) is 41.9 Å². The zero-order valence-electron chi connectivity index (χ0n) is 12.5. The first-order valence-electron chi connectivity index (χ1n) is 7.42. The molecule has 0 bridgehead atoms. The molecule has 0 aliphatic heterocycles. The molecule has 0 aliphatic rings. The van der Waals surface area contributed by atoms with E-state index in [9.17, 15) is 4.79 Å². The van der Waals surface area contributed by atoms with E-state index in [0.29, 0.717) is 18.0 Å². The highest BCUT2D eigenvalue weighted by molar-refractivity contribution is 6.31. The Hall–Kier alpha value is -2.46. The van der Waals surface area contributed by atoms with E-state index in [2.05, 4.69) is 10.3 Å². The average molecular weight is 329 g/mol. The van der Waals surface area contributed by atoms with E-state index in [-0.39, 0.29) is 6.61 Å². The van der Waals surface area contributed by atoms with Crippen molar-refractivity contribution in [2.24, 2.45) is 0 Å². The van der Waals surface area contributed by atoms with Crippen LogP contribution in [0.1, 0.15) is 11.1 Å². The smallest absolute Gasteiger partial charge is 0.407 e. The maximum absolute atomic E-state index is 11.7. The molecule has 1 amide bonds. The number of hydrogen-bond donors (Lipinski definition) is 2. The van der Waals surface area contributed by atoms with Gasteiger partial charge in [0, 0.05) is 28.7 Å². The largest absolute Gasteiger partial charge is 0.445 e. The van der Waals surface area contributed by atoms with Crippen molar-refractivity contribution in [1.29, 1.82) is 0 Å². The number of ether oxygens (including phenoxy) is 1. The second-order valence-electron chi connectivity index (χ2n) is 5.24. The van der Waals surface area contributed by atoms with Crippen molar-refractivity contribution in [3.05, 3.63) is 70.9 Å². The number of rotatable bonds is 5. The van der Waals surface area contributed by atoms with Crippen LogP contribution in [-0.4, -0.2) is 17.6 Å². The molecule has 5 heteroatoms. The van der Waals surface area contributed by atoms with Crippen LogP contribution in [0.4, 0.5) is 4.79 Å². The lowest BCUT2D eigenvalue weighted by molar-refractivity contribution is 0.140. The standard InChI is InChI=1S/C18H17ClN2O2/c19-15-6-7-17-16(10-15)14(11-21-17)8-9-20-18(22)23-12-13-4-2-1-3-5-13/h1-7,10-11,21H,8-9,12H2,(H,20,22). The Morgan fingerprint density at radius 2 is 2.00 bits per heavy atom. The lowest BCUT2D eigenvalue weighted by atomic mass is 10.1. The average Bonchev–Trinajstić information content (AvgIpc) is 2.96. The van der Waals surface area contributed by atoms with E-state index in [4.69, 9.17) is 16.3 Å². The fourth-order valence-corrected chi connectivity index (χ4v) is 2.60. The molecule has 1 aromatic heterocycles. The fourth-order valence-electron chi connectivity index (χ4n) is 2.43. The summed E-state index contributed by atoms with van der Waals surface area (Å²) in [5.41, 5.74) is 3.12. The van der Waals surface area contributed by atoms with E-state index in [1.807, 2.05) is 54.7 Å². The molecule has 1 heterocycles. The van der Waals surface area contributed by atoms with E-state index < -0.39 is 6.09 Å². The molecule has 3 aromatic rings. The van der Waals surface area contributed by atoms with Crippen molar-refractivity contribution in [3.8, 4) is 0 Å². The van der Waals surface area contributed by atoms with Crippen molar-refractivity contribution < 1.29 is 9.53 Å². The van der Waals surface area contributed by atoms with Gasteiger partial charge in [0.1, 0.15) is 6.61 Å². The summed E-state index contributed by atoms with van der Waals surface area (Å²) in [6, 6.07) is 15.3. The lowest BCUT2D eigenvalue weighted by Crippen LogP contribution is -2.26. The second-order valence-corrected chi connectivity index (χ2v) is 5.68. The Labute approximate surface area is 139 Å². The number of H-pyrrole nitrogens is 1. The fraction of sp³-hybridized carbons (Fsp3) is 0.167. The lowest BCUT2D eigenvalue weighted by Gasteiger charge is -2.07. The van der Waals surface area contributed by atoms with Gasteiger partial charge < -0.3 is 15.0 Å². The third-order valence-electron chi connectivity index (χ3n) is 3.61. The van der Waals surface area contributed by atoms with Gasteiger partial charge in [-0.15, -0.1) is 0 Å². The minimum atomic E-state index is -0.410. The minimum Gasteiger partial charge on any atom is -0.445 e. The Kier molecular flexibility index (Phi) is 4.83. The normalized spacial score (nSPS) is 10.7. The molecule has 0 atom stereocenters. The quantitative estimate of drug-likeness (QED) is 0.734. The highest BCUT2D eigenvalue weighted by atomic mass is 35.5. The molecule has 3 rings (SSSR count). The van der Waals surface area contributed by atoms with Crippen molar-refractivity contribution in [3.63, 3.8) is 0 Å². The minimum absolute atomic E-state index is 0.273. The Balaban J connectivity index is 1.48. The summed E-state index contributed by atoms with van der Waals surface area (Å²) in [6.07, 6.45) is 2.24. The highest BCUT2D eigenvalue weighted by Gasteiger charge is 2.06. The molecule has 4 nitrogen and oxygen atoms in total. The Bertz CT molecular complexity index is 799. The predicted octanol–water partition coefficient (Wildman–Crippen LogP) is 4.29. The summed E-state index contributed by atoms with van der Waals surface area (Å²) in [4.78, 5) is 14.9. The number of fused-ring (bicyclic) bond motifs is 1. The number of halogens is 1. The maximum Gasteiger partial charge on any atom is 0.407 e. The van der Waals surface area contributed by atoms with Crippen LogP contribution in [0, 0.1) is 0 Å². The molecule has 0 aliphatic carbocycles. The van der Waals surface area contributed by atoms with Gasteiger partial charge >= 0.3 is 6.09 Å². The highest BCUT2D eigenvalue weighted by Crippen LogP contribution is 2.22. The topological polar surface area (TPSA) is 54.1 Å². The number of aromatic nitrogens is 1. The number of carbonyl (C=O) groups is 1. The van der Waals surface area contributed by atoms with Crippen LogP contribution in [0.3, 0.4) is 0 Å². The molecule has 0 saturated carbocycles. The second kappa shape index (κ2) is 7.20. The van der Waals surface area contributed by atoms with Crippen molar-refractivity contribution in [2.75, 3.05) is 6.54 Å². The zero-order valence-corrected chi connectivity index (χ0v) is 13.3. The number of alkyl carbamates (subject to hydrolysis) is 1. The van der Waals surface area contributed by atoms with Gasteiger partial charge in [0.05, 0.1) is 0 Å². The van der Waals surface area contributed by atoms with Crippen molar-refractivity contribution >= 4 is 28.6 Å². The predicted molar refractivity (Wildman–Crippen MR) is 91.6 cm³/mol. The molecule has 118 valence electrons. The summed E-state index contributed by atoms with van der Waals surface area (Å²) in [6.45, 7) is 0.780. The van der Waals surface area contributed by atoms with Gasteiger partial charge in [0.15, 0.2) is 0 Å². The van der Waals surface area contributed by atoms with Crippen LogP contribution in [0.5, 0.6) is 0 Å². The van der Waals surface area contributed by atoms with Crippen LogP contribution < -0.4 is 5.32 Å². The summed E-state index contributed by atoms with van der Waals surface area (Å²) in [5, 5.41) is 4.55. The van der Waals surface area contributed by atoms with Crippen LogP contribution in [0.25, 0.3) is 10.9 Å². The summed E-state index contributed by atoms with van der Waals surface area (Å²) in [7, 11) is 0. The molecule has 23 heavy (non-hydrogen) atoms. The van der Waals surface area contributed by atoms with Crippen LogP contribution >= 0.6 is 11.6 Å². The molecular weight excluding hydrogens is 312 g/mol. The Morgan fingerprint density at radius 1 is 1.17 bits per heavy atom. The van der Waals surface area contributed by atoms with Gasteiger partial charge in [0.2, 0.25) is 0 Å². The van der Waals surface area contributed by atoms with E-state index in [0.717, 1.165) is 22.0 Å². The number of aromatic amines is 1. The number of benzene rings is 2. The third-order valence-corrected chi connectivity index (χ3v) is 3.84. The maximum atomic E-state index is 11.7. The first kappa shape index (κ1) is 15.4. The molecular formula is C18H17ClN2O2. The summed E-state index contributed by atoms with van der Waals surface area (Å²) in [5.74, 6) is 0. The molecule has 2 aromatic carbocycles. The summed E-state index contributed by atoms with van der Waals surface area (Å²) >= 11 is 6.03. The van der Waals surface area contributed by atoms with Gasteiger partial charge in [-0.05, 0) is 35.7 Å².